The molecule has 198 valence electrons. The molecule has 4 aromatic rings. The SMILES string of the molecule is Nc1nccn2c(C3CCC4CCC(=O)N4C3)nc(-c3ccc(C(=O)Nc4cc(C5CC5)ccn4)c(F)c3)c12. The molecule has 0 radical (unpaired) electrons. The van der Waals surface area contributed by atoms with Gasteiger partial charge in [-0.1, -0.05) is 6.07 Å². The molecule has 1 aromatic carbocycles. The lowest BCUT2D eigenvalue weighted by Crippen LogP contribution is -2.41. The second-order valence-electron chi connectivity index (χ2n) is 10.8. The summed E-state index contributed by atoms with van der Waals surface area (Å²) in [7, 11) is 0. The van der Waals surface area contributed by atoms with Crippen molar-refractivity contribution in [2.24, 2.45) is 0 Å². The number of piperidine rings is 1. The first-order valence-electron chi connectivity index (χ1n) is 13.5. The first-order chi connectivity index (χ1) is 19.0. The quantitative estimate of drug-likeness (QED) is 0.396. The monoisotopic (exact) mass is 525 g/mol. The fraction of sp³-hybridized carbons (Fsp3) is 0.345. The van der Waals surface area contributed by atoms with Crippen molar-refractivity contribution >= 4 is 29.0 Å². The second-order valence-corrected chi connectivity index (χ2v) is 10.8. The largest absolute Gasteiger partial charge is 0.382 e. The van der Waals surface area contributed by atoms with Gasteiger partial charge in [0.25, 0.3) is 5.91 Å². The number of nitrogen functional groups attached to an aromatic ring is 1. The number of rotatable bonds is 5. The van der Waals surface area contributed by atoms with Gasteiger partial charge in [0.15, 0.2) is 0 Å². The van der Waals surface area contributed by atoms with Gasteiger partial charge < -0.3 is 16.0 Å². The molecule has 10 heteroatoms. The molecule has 2 atom stereocenters. The van der Waals surface area contributed by atoms with E-state index in [2.05, 4.69) is 15.3 Å². The van der Waals surface area contributed by atoms with E-state index in [-0.39, 0.29) is 23.2 Å². The van der Waals surface area contributed by atoms with E-state index in [1.807, 2.05) is 21.4 Å². The predicted octanol–water partition coefficient (Wildman–Crippen LogP) is 4.51. The van der Waals surface area contributed by atoms with E-state index < -0.39 is 11.7 Å². The Hall–Kier alpha value is -4.34. The number of amides is 2. The van der Waals surface area contributed by atoms with Crippen molar-refractivity contribution in [2.75, 3.05) is 17.6 Å². The van der Waals surface area contributed by atoms with Crippen molar-refractivity contribution in [3.05, 3.63) is 71.7 Å². The number of nitrogens with two attached hydrogens (primary N) is 1. The summed E-state index contributed by atoms with van der Waals surface area (Å²) in [5.74, 6) is 0.958. The molecule has 1 aliphatic carbocycles. The minimum atomic E-state index is -0.670. The molecule has 2 unspecified atom stereocenters. The van der Waals surface area contributed by atoms with Crippen molar-refractivity contribution in [1.82, 2.24) is 24.3 Å². The minimum Gasteiger partial charge on any atom is -0.382 e. The lowest BCUT2D eigenvalue weighted by molar-refractivity contribution is -0.130. The first kappa shape index (κ1) is 23.8. The van der Waals surface area contributed by atoms with Gasteiger partial charge in [-0.05, 0) is 67.9 Å². The Morgan fingerprint density at radius 3 is 2.69 bits per heavy atom. The molecular weight excluding hydrogens is 497 g/mol. The lowest BCUT2D eigenvalue weighted by atomic mass is 9.92. The molecule has 3 fully saturated rings. The summed E-state index contributed by atoms with van der Waals surface area (Å²) in [6.07, 6.45) is 10.7. The van der Waals surface area contributed by atoms with Crippen molar-refractivity contribution in [1.29, 1.82) is 0 Å². The van der Waals surface area contributed by atoms with Crippen LogP contribution in [0.25, 0.3) is 16.8 Å². The number of nitrogens with one attached hydrogen (secondary N) is 1. The summed E-state index contributed by atoms with van der Waals surface area (Å²) >= 11 is 0. The Kier molecular flexibility index (Phi) is 5.57. The van der Waals surface area contributed by atoms with Crippen molar-refractivity contribution in [3.63, 3.8) is 0 Å². The Morgan fingerprint density at radius 2 is 1.87 bits per heavy atom. The zero-order chi connectivity index (χ0) is 26.7. The van der Waals surface area contributed by atoms with Crippen molar-refractivity contribution in [3.8, 4) is 11.3 Å². The lowest BCUT2D eigenvalue weighted by Gasteiger charge is -2.34. The third-order valence-corrected chi connectivity index (χ3v) is 8.25. The van der Waals surface area contributed by atoms with Gasteiger partial charge in [0.1, 0.15) is 34.5 Å². The Morgan fingerprint density at radius 1 is 1.03 bits per heavy atom. The average molecular weight is 526 g/mol. The number of anilines is 2. The van der Waals surface area contributed by atoms with Crippen LogP contribution in [0, 0.1) is 5.82 Å². The molecule has 2 saturated heterocycles. The standard InChI is InChI=1S/C29H28FN7O2/c30-22-13-18(4-7-21(22)29(39)34-23-14-17(9-10-32-23)16-1-2-16)25-26-27(31)33-11-12-36(26)28(35-25)19-3-5-20-6-8-24(38)37(20)15-19/h4,7,9-14,16,19-20H,1-3,5-6,8,15H2,(H2,31,33)(H,32,34,39). The number of pyridine rings is 1. The van der Waals surface area contributed by atoms with E-state index in [0.717, 1.165) is 43.5 Å². The number of halogens is 1. The topological polar surface area (TPSA) is 119 Å². The number of carbonyl (C=O) groups excluding carboxylic acids is 2. The molecule has 3 N–H and O–H groups in total. The van der Waals surface area contributed by atoms with Crippen molar-refractivity contribution < 1.29 is 14.0 Å². The van der Waals surface area contributed by atoms with E-state index in [1.165, 1.54) is 12.1 Å². The normalized spacial score (nSPS) is 20.8. The van der Waals surface area contributed by atoms with E-state index in [4.69, 9.17) is 10.7 Å². The van der Waals surface area contributed by atoms with Crippen LogP contribution in [0.4, 0.5) is 16.0 Å². The Labute approximate surface area is 224 Å². The summed E-state index contributed by atoms with van der Waals surface area (Å²) < 4.78 is 17.3. The number of nitrogens with zero attached hydrogens (tertiary/aromatic N) is 5. The van der Waals surface area contributed by atoms with Crippen molar-refractivity contribution in [2.45, 2.75) is 56.4 Å². The van der Waals surface area contributed by atoms with Crippen LogP contribution in [0.15, 0.2) is 48.9 Å². The van der Waals surface area contributed by atoms with Gasteiger partial charge in [0, 0.05) is 49.1 Å². The van der Waals surface area contributed by atoms with Crippen LogP contribution in [0.1, 0.15) is 72.1 Å². The second kappa shape index (κ2) is 9.14. The number of fused-ring (bicyclic) bond motifs is 2. The number of imidazole rings is 1. The van der Waals surface area contributed by atoms with Crippen LogP contribution < -0.4 is 11.1 Å². The highest BCUT2D eigenvalue weighted by atomic mass is 19.1. The van der Waals surface area contributed by atoms with Crippen LogP contribution in [-0.4, -0.2) is 48.7 Å². The van der Waals surface area contributed by atoms with E-state index >= 15 is 4.39 Å². The van der Waals surface area contributed by atoms with Crippen LogP contribution in [0.3, 0.4) is 0 Å². The highest BCUT2D eigenvalue weighted by Gasteiger charge is 2.38. The fourth-order valence-electron chi connectivity index (χ4n) is 6.07. The van der Waals surface area contributed by atoms with E-state index in [1.54, 1.807) is 24.7 Å². The maximum atomic E-state index is 15.4. The number of hydrogen-bond acceptors (Lipinski definition) is 6. The summed E-state index contributed by atoms with van der Waals surface area (Å²) in [6, 6.07) is 8.54. The maximum Gasteiger partial charge on any atom is 0.259 e. The Bertz CT molecular complexity index is 1630. The zero-order valence-electron chi connectivity index (χ0n) is 21.3. The molecule has 3 aromatic heterocycles. The Balaban J connectivity index is 1.20. The van der Waals surface area contributed by atoms with Crippen LogP contribution in [0.2, 0.25) is 0 Å². The molecule has 0 bridgehead atoms. The molecule has 2 aliphatic heterocycles. The highest BCUT2D eigenvalue weighted by molar-refractivity contribution is 6.04. The maximum absolute atomic E-state index is 15.4. The van der Waals surface area contributed by atoms with Crippen LogP contribution >= 0.6 is 0 Å². The van der Waals surface area contributed by atoms with Gasteiger partial charge in [0.2, 0.25) is 5.91 Å². The van der Waals surface area contributed by atoms with Gasteiger partial charge >= 0.3 is 0 Å². The molecule has 2 amide bonds. The number of aromatic nitrogens is 4. The summed E-state index contributed by atoms with van der Waals surface area (Å²) in [6.45, 7) is 0.605. The van der Waals surface area contributed by atoms with Gasteiger partial charge in [-0.2, -0.15) is 0 Å². The van der Waals surface area contributed by atoms with Crippen LogP contribution in [0.5, 0.6) is 0 Å². The third kappa shape index (κ3) is 4.20. The molecule has 3 aliphatic rings. The van der Waals surface area contributed by atoms with E-state index in [9.17, 15) is 9.59 Å². The van der Waals surface area contributed by atoms with E-state index in [0.29, 0.717) is 47.5 Å². The molecule has 5 heterocycles. The molecule has 9 nitrogen and oxygen atoms in total. The highest BCUT2D eigenvalue weighted by Crippen LogP contribution is 2.41. The number of hydrogen-bond donors (Lipinski definition) is 2. The molecule has 7 rings (SSSR count). The van der Waals surface area contributed by atoms with Gasteiger partial charge in [-0.25, -0.2) is 19.3 Å². The minimum absolute atomic E-state index is 0.0279. The molecular formula is C29H28FN7O2. The average Bonchev–Trinajstić information content (AvgIpc) is 3.62. The summed E-state index contributed by atoms with van der Waals surface area (Å²) in [5.41, 5.74) is 8.90. The van der Waals surface area contributed by atoms with Gasteiger partial charge in [0.05, 0.1) is 5.56 Å². The molecule has 0 spiro atoms. The number of benzene rings is 1. The summed E-state index contributed by atoms with van der Waals surface area (Å²) in [5, 5.41) is 2.72. The number of carbonyl (C=O) groups is 2. The summed E-state index contributed by atoms with van der Waals surface area (Å²) in [4.78, 5) is 40.7. The third-order valence-electron chi connectivity index (χ3n) is 8.25. The molecule has 1 saturated carbocycles. The predicted molar refractivity (Wildman–Crippen MR) is 144 cm³/mol. The van der Waals surface area contributed by atoms with Crippen LogP contribution in [-0.2, 0) is 4.79 Å². The van der Waals surface area contributed by atoms with Gasteiger partial charge in [-0.15, -0.1) is 0 Å². The first-order valence-corrected chi connectivity index (χ1v) is 13.5. The smallest absolute Gasteiger partial charge is 0.259 e. The fourth-order valence-corrected chi connectivity index (χ4v) is 6.07. The molecule has 39 heavy (non-hydrogen) atoms. The van der Waals surface area contributed by atoms with Gasteiger partial charge in [-0.3, -0.25) is 14.0 Å². The zero-order valence-corrected chi connectivity index (χ0v) is 21.3.